The number of halogens is 1. The van der Waals surface area contributed by atoms with Crippen LogP contribution in [0.25, 0.3) is 0 Å². The lowest BCUT2D eigenvalue weighted by molar-refractivity contribution is 0.732. The molecule has 0 amide bonds. The smallest absolute Gasteiger partial charge is 0.107 e. The van der Waals surface area contributed by atoms with Crippen LogP contribution in [0.1, 0.15) is 28.9 Å². The van der Waals surface area contributed by atoms with Crippen LogP contribution >= 0.6 is 27.3 Å². The summed E-state index contributed by atoms with van der Waals surface area (Å²) in [5.74, 6) is 1.66. The highest BCUT2D eigenvalue weighted by Gasteiger charge is 2.40. The van der Waals surface area contributed by atoms with Crippen molar-refractivity contribution in [2.75, 3.05) is 6.54 Å². The summed E-state index contributed by atoms with van der Waals surface area (Å²) in [6.45, 7) is 2.99. The van der Waals surface area contributed by atoms with Crippen LogP contribution < -0.4 is 5.73 Å². The summed E-state index contributed by atoms with van der Waals surface area (Å²) in [5, 5.41) is 3.35. The molecule has 1 aliphatic carbocycles. The lowest BCUT2D eigenvalue weighted by Gasteiger charge is -2.03. The van der Waals surface area contributed by atoms with Crippen LogP contribution in [0, 0.1) is 11.8 Å². The second kappa shape index (κ2) is 4.29. The minimum Gasteiger partial charge on any atom is -0.330 e. The fourth-order valence-corrected chi connectivity index (χ4v) is 3.72. The third-order valence-electron chi connectivity index (χ3n) is 2.75. The fraction of sp³-hybridized carbons (Fsp3) is 0.700. The monoisotopic (exact) mass is 274 g/mol. The molecule has 0 bridgehead atoms. The third-order valence-corrected chi connectivity index (χ3v) is 5.15. The Labute approximate surface area is 97.0 Å². The molecule has 14 heavy (non-hydrogen) atoms. The van der Waals surface area contributed by atoms with Gasteiger partial charge >= 0.3 is 0 Å². The van der Waals surface area contributed by atoms with Crippen molar-refractivity contribution in [3.05, 3.63) is 16.1 Å². The van der Waals surface area contributed by atoms with Crippen molar-refractivity contribution in [3.8, 4) is 0 Å². The van der Waals surface area contributed by atoms with Gasteiger partial charge in [0.2, 0.25) is 0 Å². The Morgan fingerprint density at radius 3 is 3.07 bits per heavy atom. The molecule has 2 rings (SSSR count). The maximum atomic E-state index is 5.49. The summed E-state index contributed by atoms with van der Waals surface area (Å²) in [5.41, 5.74) is 6.64. The van der Waals surface area contributed by atoms with Gasteiger partial charge < -0.3 is 5.73 Å². The molecule has 1 aliphatic rings. The van der Waals surface area contributed by atoms with Gasteiger partial charge in [0.25, 0.3) is 0 Å². The van der Waals surface area contributed by atoms with Crippen molar-refractivity contribution in [3.63, 3.8) is 0 Å². The van der Waals surface area contributed by atoms with E-state index >= 15 is 0 Å². The molecule has 0 saturated heterocycles. The molecule has 0 aromatic carbocycles. The standard InChI is InChI=1S/C10H15BrN2S/c1-6-4-8(6)9(11)10-13-7(2-3-12)5-14-10/h5-6,8-9H,2-4,12H2,1H3. The van der Waals surface area contributed by atoms with E-state index in [9.17, 15) is 0 Å². The van der Waals surface area contributed by atoms with Gasteiger partial charge in [0, 0.05) is 11.8 Å². The molecule has 2 N–H and O–H groups in total. The maximum absolute atomic E-state index is 5.49. The average Bonchev–Trinajstić information content (AvgIpc) is 2.71. The highest BCUT2D eigenvalue weighted by Crippen LogP contribution is 2.51. The van der Waals surface area contributed by atoms with Gasteiger partial charge in [0.05, 0.1) is 10.5 Å². The molecule has 1 heterocycles. The Bertz CT molecular complexity index is 313. The number of hydrogen-bond acceptors (Lipinski definition) is 3. The van der Waals surface area contributed by atoms with E-state index in [-0.39, 0.29) is 0 Å². The molecule has 0 aliphatic heterocycles. The Hall–Kier alpha value is 0.0700. The molecule has 1 aromatic rings. The summed E-state index contributed by atoms with van der Waals surface area (Å²) >= 11 is 5.49. The first-order valence-corrected chi connectivity index (χ1v) is 6.80. The molecule has 3 unspecified atom stereocenters. The van der Waals surface area contributed by atoms with Crippen molar-refractivity contribution < 1.29 is 0 Å². The number of thiazole rings is 1. The second-order valence-corrected chi connectivity index (χ2v) is 5.87. The van der Waals surface area contributed by atoms with Gasteiger partial charge in [-0.1, -0.05) is 22.9 Å². The molecule has 0 radical (unpaired) electrons. The Balaban J connectivity index is 2.01. The van der Waals surface area contributed by atoms with E-state index in [4.69, 9.17) is 5.73 Å². The molecule has 78 valence electrons. The summed E-state index contributed by atoms with van der Waals surface area (Å²) in [7, 11) is 0. The normalized spacial score (nSPS) is 27.6. The van der Waals surface area contributed by atoms with E-state index in [1.807, 2.05) is 0 Å². The maximum Gasteiger partial charge on any atom is 0.107 e. The summed E-state index contributed by atoms with van der Waals surface area (Å²) in [6.07, 6.45) is 2.23. The number of nitrogens with zero attached hydrogens (tertiary/aromatic N) is 1. The molecule has 1 saturated carbocycles. The SMILES string of the molecule is CC1CC1C(Br)c1nc(CCN)cs1. The highest BCUT2D eigenvalue weighted by molar-refractivity contribution is 9.09. The van der Waals surface area contributed by atoms with Crippen LogP contribution in [0.15, 0.2) is 5.38 Å². The molecular weight excluding hydrogens is 260 g/mol. The number of alkyl halides is 1. The van der Waals surface area contributed by atoms with Crippen LogP contribution in [0.5, 0.6) is 0 Å². The molecule has 0 spiro atoms. The van der Waals surface area contributed by atoms with Crippen LogP contribution in [0.4, 0.5) is 0 Å². The minimum atomic E-state index is 0.467. The zero-order valence-corrected chi connectivity index (χ0v) is 10.6. The lowest BCUT2D eigenvalue weighted by atomic mass is 10.2. The van der Waals surface area contributed by atoms with E-state index in [1.54, 1.807) is 11.3 Å². The van der Waals surface area contributed by atoms with Crippen molar-refractivity contribution in [2.24, 2.45) is 17.6 Å². The predicted octanol–water partition coefficient (Wildman–Crippen LogP) is 2.74. The first kappa shape index (κ1) is 10.6. The minimum absolute atomic E-state index is 0.467. The van der Waals surface area contributed by atoms with E-state index in [1.165, 1.54) is 11.4 Å². The Morgan fingerprint density at radius 1 is 1.79 bits per heavy atom. The lowest BCUT2D eigenvalue weighted by Crippen LogP contribution is -2.03. The van der Waals surface area contributed by atoms with E-state index in [0.29, 0.717) is 11.4 Å². The van der Waals surface area contributed by atoms with E-state index in [2.05, 4.69) is 33.2 Å². The van der Waals surface area contributed by atoms with Gasteiger partial charge in [-0.25, -0.2) is 4.98 Å². The Morgan fingerprint density at radius 2 is 2.50 bits per heavy atom. The number of hydrogen-bond donors (Lipinski definition) is 1. The number of nitrogens with two attached hydrogens (primary N) is 1. The Kier molecular flexibility index (Phi) is 3.24. The van der Waals surface area contributed by atoms with Gasteiger partial charge in [0.15, 0.2) is 0 Å². The molecule has 2 nitrogen and oxygen atoms in total. The van der Waals surface area contributed by atoms with Gasteiger partial charge in [-0.2, -0.15) is 0 Å². The van der Waals surface area contributed by atoms with Crippen molar-refractivity contribution in [2.45, 2.75) is 24.6 Å². The highest BCUT2D eigenvalue weighted by atomic mass is 79.9. The topological polar surface area (TPSA) is 38.9 Å². The third kappa shape index (κ3) is 2.18. The zero-order chi connectivity index (χ0) is 10.1. The zero-order valence-electron chi connectivity index (χ0n) is 8.24. The average molecular weight is 275 g/mol. The molecule has 1 fully saturated rings. The van der Waals surface area contributed by atoms with Crippen LogP contribution in [-0.4, -0.2) is 11.5 Å². The van der Waals surface area contributed by atoms with Crippen molar-refractivity contribution >= 4 is 27.3 Å². The summed E-state index contributed by atoms with van der Waals surface area (Å²) in [4.78, 5) is 5.05. The molecule has 4 heteroatoms. The quantitative estimate of drug-likeness (QED) is 0.858. The van der Waals surface area contributed by atoms with E-state index in [0.717, 1.165) is 24.0 Å². The van der Waals surface area contributed by atoms with Crippen molar-refractivity contribution in [1.29, 1.82) is 0 Å². The molecule has 1 aromatic heterocycles. The van der Waals surface area contributed by atoms with Gasteiger partial charge in [-0.3, -0.25) is 0 Å². The van der Waals surface area contributed by atoms with Gasteiger partial charge in [-0.15, -0.1) is 11.3 Å². The molecule has 3 atom stereocenters. The van der Waals surface area contributed by atoms with Gasteiger partial charge in [-0.05, 0) is 24.8 Å². The fourth-order valence-electron chi connectivity index (χ4n) is 1.65. The number of rotatable bonds is 4. The predicted molar refractivity (Wildman–Crippen MR) is 63.8 cm³/mol. The van der Waals surface area contributed by atoms with Gasteiger partial charge in [0.1, 0.15) is 5.01 Å². The van der Waals surface area contributed by atoms with Crippen molar-refractivity contribution in [1.82, 2.24) is 4.98 Å². The van der Waals surface area contributed by atoms with E-state index < -0.39 is 0 Å². The first-order valence-electron chi connectivity index (χ1n) is 5.00. The number of aromatic nitrogens is 1. The van der Waals surface area contributed by atoms with Crippen LogP contribution in [0.3, 0.4) is 0 Å². The summed E-state index contributed by atoms with van der Waals surface area (Å²) in [6, 6.07) is 0. The second-order valence-electron chi connectivity index (χ2n) is 3.99. The molecular formula is C10H15BrN2S. The van der Waals surface area contributed by atoms with Crippen LogP contribution in [0.2, 0.25) is 0 Å². The first-order chi connectivity index (χ1) is 6.72. The summed E-state index contributed by atoms with van der Waals surface area (Å²) < 4.78 is 0. The largest absolute Gasteiger partial charge is 0.330 e. The van der Waals surface area contributed by atoms with Crippen LogP contribution in [-0.2, 0) is 6.42 Å².